The molecule has 3 amide bonds. The van der Waals surface area contributed by atoms with Crippen molar-refractivity contribution in [1.82, 2.24) is 4.31 Å². The Morgan fingerprint density at radius 3 is 2.24 bits per heavy atom. The third-order valence-corrected chi connectivity index (χ3v) is 8.09. The fourth-order valence-corrected chi connectivity index (χ4v) is 5.88. The van der Waals surface area contributed by atoms with E-state index in [1.165, 1.54) is 41.7 Å². The number of anilines is 2. The summed E-state index contributed by atoms with van der Waals surface area (Å²) in [6, 6.07) is 17.0. The molecule has 3 aromatic rings. The normalized spacial score (nSPS) is 16.0. The third kappa shape index (κ3) is 4.48. The topological polar surface area (TPSA) is 122 Å². The van der Waals surface area contributed by atoms with Crippen LogP contribution in [0.15, 0.2) is 71.6 Å². The number of nitrogens with one attached hydrogen (secondary N) is 1. The molecule has 0 aromatic heterocycles. The van der Waals surface area contributed by atoms with Gasteiger partial charge >= 0.3 is 0 Å². The van der Waals surface area contributed by atoms with Gasteiger partial charge in [-0.3, -0.25) is 14.4 Å². The van der Waals surface area contributed by atoms with Gasteiger partial charge in [-0.1, -0.05) is 18.2 Å². The number of hydrogen-bond acceptors (Lipinski definition) is 7. The van der Waals surface area contributed by atoms with Gasteiger partial charge in [0.25, 0.3) is 17.7 Å². The van der Waals surface area contributed by atoms with E-state index in [0.717, 1.165) is 4.90 Å². The van der Waals surface area contributed by atoms with Gasteiger partial charge < -0.3 is 14.8 Å². The number of rotatable bonds is 6. The molecule has 190 valence electrons. The Bertz CT molecular complexity index is 1480. The summed E-state index contributed by atoms with van der Waals surface area (Å²) in [6.07, 6.45) is 0. The summed E-state index contributed by atoms with van der Waals surface area (Å²) in [5.74, 6) is -1.33. The van der Waals surface area contributed by atoms with E-state index < -0.39 is 27.7 Å². The van der Waals surface area contributed by atoms with E-state index in [-0.39, 0.29) is 40.7 Å². The molecule has 0 bridgehead atoms. The molecule has 37 heavy (non-hydrogen) atoms. The van der Waals surface area contributed by atoms with Crippen LogP contribution in [0, 0.1) is 0 Å². The van der Waals surface area contributed by atoms with Crippen LogP contribution in [0.25, 0.3) is 0 Å². The second-order valence-corrected chi connectivity index (χ2v) is 10.3. The lowest BCUT2D eigenvalue weighted by Gasteiger charge is -2.26. The molecule has 0 radical (unpaired) electrons. The minimum absolute atomic E-state index is 0.0746. The number of sulfonamides is 1. The lowest BCUT2D eigenvalue weighted by atomic mass is 10.1. The standard InChI is InChI=1S/C26H23N3O7S/c1-35-22-10-9-18(16-23(22)37(33,34)28-11-13-36-14-12-28)27-24(30)17-5-4-6-19(15-17)29-25(31)20-7-2-3-8-21(20)26(29)32/h2-10,15-16H,11-14H2,1H3,(H,27,30). The first-order valence-corrected chi connectivity index (χ1v) is 12.9. The summed E-state index contributed by atoms with van der Waals surface area (Å²) < 4.78 is 38.3. The first-order valence-electron chi connectivity index (χ1n) is 11.5. The number of benzene rings is 3. The van der Waals surface area contributed by atoms with Gasteiger partial charge in [0.2, 0.25) is 10.0 Å². The minimum atomic E-state index is -3.89. The van der Waals surface area contributed by atoms with Crippen LogP contribution in [0.3, 0.4) is 0 Å². The zero-order chi connectivity index (χ0) is 26.2. The van der Waals surface area contributed by atoms with Gasteiger partial charge in [0.1, 0.15) is 10.6 Å². The van der Waals surface area contributed by atoms with Crippen molar-refractivity contribution in [2.45, 2.75) is 4.90 Å². The molecule has 5 rings (SSSR count). The fourth-order valence-electron chi connectivity index (χ4n) is 4.30. The smallest absolute Gasteiger partial charge is 0.266 e. The summed E-state index contributed by atoms with van der Waals surface area (Å²) in [7, 11) is -2.52. The number of nitrogens with zero attached hydrogens (tertiary/aromatic N) is 2. The average molecular weight is 522 g/mol. The van der Waals surface area contributed by atoms with Crippen molar-refractivity contribution < 1.29 is 32.3 Å². The maximum absolute atomic E-state index is 13.2. The number of morpholine rings is 1. The van der Waals surface area contributed by atoms with Crippen molar-refractivity contribution in [2.75, 3.05) is 43.6 Å². The lowest BCUT2D eigenvalue weighted by Crippen LogP contribution is -2.40. The monoisotopic (exact) mass is 521 g/mol. The van der Waals surface area contributed by atoms with Gasteiger partial charge in [-0.25, -0.2) is 13.3 Å². The maximum Gasteiger partial charge on any atom is 0.266 e. The molecule has 2 aliphatic rings. The molecule has 0 unspecified atom stereocenters. The first kappa shape index (κ1) is 24.6. The van der Waals surface area contributed by atoms with Crippen LogP contribution >= 0.6 is 0 Å². The molecule has 10 nitrogen and oxygen atoms in total. The molecule has 2 heterocycles. The Hall–Kier alpha value is -4.06. The van der Waals surface area contributed by atoms with Gasteiger partial charge in [0.15, 0.2) is 0 Å². The second-order valence-electron chi connectivity index (χ2n) is 8.38. The molecule has 0 aliphatic carbocycles. The molecule has 0 atom stereocenters. The van der Waals surface area contributed by atoms with Crippen molar-refractivity contribution in [2.24, 2.45) is 0 Å². The van der Waals surface area contributed by atoms with Crippen LogP contribution in [0.4, 0.5) is 11.4 Å². The number of fused-ring (bicyclic) bond motifs is 1. The summed E-state index contributed by atoms with van der Waals surface area (Å²) in [4.78, 5) is 39.7. The van der Waals surface area contributed by atoms with E-state index in [1.54, 1.807) is 36.4 Å². The number of carbonyl (C=O) groups is 3. The second kappa shape index (κ2) is 9.77. The lowest BCUT2D eigenvalue weighted by molar-refractivity contribution is 0.0729. The SMILES string of the molecule is COc1ccc(NC(=O)c2cccc(N3C(=O)c4ccccc4C3=O)c2)cc1S(=O)(=O)N1CCOCC1. The molecule has 1 saturated heterocycles. The van der Waals surface area contributed by atoms with Crippen LogP contribution in [0.5, 0.6) is 5.75 Å². The molecule has 1 N–H and O–H groups in total. The third-order valence-electron chi connectivity index (χ3n) is 6.17. The number of hydrogen-bond donors (Lipinski definition) is 1. The van der Waals surface area contributed by atoms with Gasteiger partial charge in [-0.2, -0.15) is 4.31 Å². The molecule has 3 aromatic carbocycles. The Labute approximate surface area is 213 Å². The van der Waals surface area contributed by atoms with Gasteiger partial charge in [0.05, 0.1) is 37.1 Å². The predicted octanol–water partition coefficient (Wildman–Crippen LogP) is 2.77. The Kier molecular flexibility index (Phi) is 6.50. The fraction of sp³-hybridized carbons (Fsp3) is 0.192. The van der Waals surface area contributed by atoms with E-state index in [1.807, 2.05) is 0 Å². The van der Waals surface area contributed by atoms with Gasteiger partial charge in [0, 0.05) is 24.3 Å². The predicted molar refractivity (Wildman–Crippen MR) is 135 cm³/mol. The summed E-state index contributed by atoms with van der Waals surface area (Å²) in [6.45, 7) is 1.02. The van der Waals surface area contributed by atoms with Crippen molar-refractivity contribution in [3.05, 3.63) is 83.4 Å². The average Bonchev–Trinajstić information content (AvgIpc) is 3.18. The number of methoxy groups -OCH3 is 1. The molecular weight excluding hydrogens is 498 g/mol. The van der Waals surface area contributed by atoms with Crippen molar-refractivity contribution in [3.63, 3.8) is 0 Å². The van der Waals surface area contributed by atoms with Crippen molar-refractivity contribution in [1.29, 1.82) is 0 Å². The van der Waals surface area contributed by atoms with Crippen molar-refractivity contribution >= 4 is 39.1 Å². The molecule has 2 aliphatic heterocycles. The van der Waals surface area contributed by atoms with Gasteiger partial charge in [-0.15, -0.1) is 0 Å². The maximum atomic E-state index is 13.2. The summed E-state index contributed by atoms with van der Waals surface area (Å²) >= 11 is 0. The molecule has 11 heteroatoms. The molecule has 0 saturated carbocycles. The summed E-state index contributed by atoms with van der Waals surface area (Å²) in [5, 5.41) is 2.69. The number of imide groups is 1. The first-order chi connectivity index (χ1) is 17.8. The highest BCUT2D eigenvalue weighted by atomic mass is 32.2. The summed E-state index contributed by atoms with van der Waals surface area (Å²) in [5.41, 5.74) is 1.28. The zero-order valence-electron chi connectivity index (χ0n) is 19.8. The minimum Gasteiger partial charge on any atom is -0.495 e. The Morgan fingerprint density at radius 2 is 1.59 bits per heavy atom. The number of ether oxygens (including phenoxy) is 2. The molecule has 1 fully saturated rings. The molecular formula is C26H23N3O7S. The van der Waals surface area contributed by atoms with E-state index >= 15 is 0 Å². The highest BCUT2D eigenvalue weighted by Gasteiger charge is 2.36. The van der Waals surface area contributed by atoms with Crippen LogP contribution in [-0.4, -0.2) is 63.9 Å². The van der Waals surface area contributed by atoms with Crippen LogP contribution in [-0.2, 0) is 14.8 Å². The van der Waals surface area contributed by atoms with Gasteiger partial charge in [-0.05, 0) is 48.5 Å². The van der Waals surface area contributed by atoms with E-state index in [4.69, 9.17) is 9.47 Å². The molecule has 0 spiro atoms. The van der Waals surface area contributed by atoms with E-state index in [2.05, 4.69) is 5.32 Å². The number of amides is 3. The Balaban J connectivity index is 1.40. The highest BCUT2D eigenvalue weighted by Crippen LogP contribution is 2.31. The largest absolute Gasteiger partial charge is 0.495 e. The van der Waals surface area contributed by atoms with E-state index in [9.17, 15) is 22.8 Å². The number of carbonyl (C=O) groups excluding carboxylic acids is 3. The van der Waals surface area contributed by atoms with Crippen LogP contribution < -0.4 is 15.0 Å². The van der Waals surface area contributed by atoms with Crippen molar-refractivity contribution in [3.8, 4) is 5.75 Å². The van der Waals surface area contributed by atoms with E-state index in [0.29, 0.717) is 24.3 Å². The van der Waals surface area contributed by atoms with Crippen LogP contribution in [0.1, 0.15) is 31.1 Å². The quantitative estimate of drug-likeness (QED) is 0.495. The highest BCUT2D eigenvalue weighted by molar-refractivity contribution is 7.89. The zero-order valence-corrected chi connectivity index (χ0v) is 20.7. The van der Waals surface area contributed by atoms with Crippen LogP contribution in [0.2, 0.25) is 0 Å². The Morgan fingerprint density at radius 1 is 0.919 bits per heavy atom.